The lowest BCUT2D eigenvalue weighted by Crippen LogP contribution is -1.93. The minimum Gasteiger partial charge on any atom is -0.392 e. The maximum Gasteiger partial charge on any atom is 0.128 e. The Balaban J connectivity index is 2.92. The second-order valence-corrected chi connectivity index (χ2v) is 2.65. The number of aliphatic hydroxyl groups is 1. The Morgan fingerprint density at radius 2 is 2.23 bits per heavy atom. The number of hydrogen-bond acceptors (Lipinski definition) is 2. The molecule has 0 amide bonds. The molecule has 0 saturated carbocycles. The smallest absolute Gasteiger partial charge is 0.128 e. The van der Waals surface area contributed by atoms with Crippen LogP contribution in [0.25, 0.3) is 6.08 Å². The summed E-state index contributed by atoms with van der Waals surface area (Å²) in [5.41, 5.74) is 6.41. The summed E-state index contributed by atoms with van der Waals surface area (Å²) in [5, 5.41) is 8.78. The van der Waals surface area contributed by atoms with E-state index in [0.29, 0.717) is 12.1 Å². The number of rotatable bonds is 3. The van der Waals surface area contributed by atoms with Gasteiger partial charge in [-0.1, -0.05) is 18.2 Å². The van der Waals surface area contributed by atoms with Gasteiger partial charge in [-0.3, -0.25) is 0 Å². The number of benzene rings is 1. The maximum absolute atomic E-state index is 12.9. The van der Waals surface area contributed by atoms with Crippen molar-refractivity contribution in [2.24, 2.45) is 5.73 Å². The highest BCUT2D eigenvalue weighted by Crippen LogP contribution is 2.11. The average molecular weight is 181 g/mol. The lowest BCUT2D eigenvalue weighted by molar-refractivity contribution is 0.275. The Labute approximate surface area is 76.5 Å². The molecule has 1 rings (SSSR count). The highest BCUT2D eigenvalue weighted by molar-refractivity contribution is 5.50. The molecule has 0 unspecified atom stereocenters. The van der Waals surface area contributed by atoms with Crippen LogP contribution >= 0.6 is 0 Å². The molecule has 0 aliphatic rings. The Morgan fingerprint density at radius 3 is 2.85 bits per heavy atom. The second-order valence-electron chi connectivity index (χ2n) is 2.65. The van der Waals surface area contributed by atoms with Gasteiger partial charge >= 0.3 is 0 Å². The first-order valence-electron chi connectivity index (χ1n) is 4.04. The van der Waals surface area contributed by atoms with Crippen molar-refractivity contribution in [1.29, 1.82) is 0 Å². The van der Waals surface area contributed by atoms with E-state index >= 15 is 0 Å². The molecule has 1 aromatic carbocycles. The Bertz CT molecular complexity index is 310. The van der Waals surface area contributed by atoms with E-state index in [-0.39, 0.29) is 12.4 Å². The van der Waals surface area contributed by atoms with E-state index in [1.165, 1.54) is 6.07 Å². The van der Waals surface area contributed by atoms with Crippen molar-refractivity contribution < 1.29 is 9.50 Å². The van der Waals surface area contributed by atoms with Crippen LogP contribution < -0.4 is 5.73 Å². The zero-order valence-electron chi connectivity index (χ0n) is 7.20. The van der Waals surface area contributed by atoms with Crippen molar-refractivity contribution >= 4 is 6.08 Å². The standard InChI is InChI=1S/C10H12FNO/c11-10-4-3-8(2-1-5-12)6-9(10)7-13/h1-4,6,13H,5,7,12H2. The number of hydrogen-bond donors (Lipinski definition) is 2. The zero-order chi connectivity index (χ0) is 9.68. The molecule has 0 aromatic heterocycles. The summed E-state index contributed by atoms with van der Waals surface area (Å²) in [6.45, 7) is 0.169. The number of nitrogens with two attached hydrogens (primary N) is 1. The first-order valence-corrected chi connectivity index (χ1v) is 4.04. The van der Waals surface area contributed by atoms with E-state index < -0.39 is 0 Å². The summed E-state index contributed by atoms with van der Waals surface area (Å²) in [5.74, 6) is -0.382. The molecule has 0 saturated heterocycles. The molecule has 0 bridgehead atoms. The largest absolute Gasteiger partial charge is 0.392 e. The zero-order valence-corrected chi connectivity index (χ0v) is 7.20. The van der Waals surface area contributed by atoms with E-state index in [1.54, 1.807) is 24.3 Å². The minimum absolute atomic E-state index is 0.282. The molecule has 0 aliphatic carbocycles. The van der Waals surface area contributed by atoms with Crippen molar-refractivity contribution in [2.75, 3.05) is 6.54 Å². The summed E-state index contributed by atoms with van der Waals surface area (Å²) in [6.07, 6.45) is 3.56. The lowest BCUT2D eigenvalue weighted by Gasteiger charge is -2.00. The molecule has 0 aliphatic heterocycles. The molecule has 2 nitrogen and oxygen atoms in total. The van der Waals surface area contributed by atoms with Gasteiger partial charge in [-0.25, -0.2) is 4.39 Å². The maximum atomic E-state index is 12.9. The highest BCUT2D eigenvalue weighted by Gasteiger charge is 1.99. The summed E-state index contributed by atoms with van der Waals surface area (Å²) >= 11 is 0. The van der Waals surface area contributed by atoms with Crippen LogP contribution in [0.3, 0.4) is 0 Å². The predicted molar refractivity (Wildman–Crippen MR) is 50.4 cm³/mol. The van der Waals surface area contributed by atoms with Gasteiger partial charge in [-0.15, -0.1) is 0 Å². The fourth-order valence-electron chi connectivity index (χ4n) is 1.02. The van der Waals surface area contributed by atoms with Crippen LogP contribution in [-0.2, 0) is 6.61 Å². The van der Waals surface area contributed by atoms with Gasteiger partial charge in [0.1, 0.15) is 5.82 Å². The van der Waals surface area contributed by atoms with Crippen molar-refractivity contribution in [3.05, 3.63) is 41.2 Å². The van der Waals surface area contributed by atoms with Gasteiger partial charge < -0.3 is 10.8 Å². The van der Waals surface area contributed by atoms with Crippen molar-refractivity contribution in [3.63, 3.8) is 0 Å². The number of aliphatic hydroxyl groups excluding tert-OH is 1. The van der Waals surface area contributed by atoms with Gasteiger partial charge in [-0.2, -0.15) is 0 Å². The van der Waals surface area contributed by atoms with Gasteiger partial charge in [-0.05, 0) is 17.7 Å². The highest BCUT2D eigenvalue weighted by atomic mass is 19.1. The summed E-state index contributed by atoms with van der Waals surface area (Å²) in [6, 6.07) is 4.57. The van der Waals surface area contributed by atoms with E-state index in [2.05, 4.69) is 0 Å². The minimum atomic E-state index is -0.382. The normalized spacial score (nSPS) is 11.0. The van der Waals surface area contributed by atoms with E-state index in [1.807, 2.05) is 0 Å². The van der Waals surface area contributed by atoms with Crippen LogP contribution in [0.2, 0.25) is 0 Å². The third-order valence-corrected chi connectivity index (χ3v) is 1.69. The fourth-order valence-corrected chi connectivity index (χ4v) is 1.02. The first kappa shape index (κ1) is 9.89. The van der Waals surface area contributed by atoms with Crippen LogP contribution in [0.4, 0.5) is 4.39 Å². The average Bonchev–Trinajstić information content (AvgIpc) is 2.16. The first-order chi connectivity index (χ1) is 6.27. The van der Waals surface area contributed by atoms with Crippen molar-refractivity contribution in [1.82, 2.24) is 0 Å². The lowest BCUT2D eigenvalue weighted by atomic mass is 10.1. The fraction of sp³-hybridized carbons (Fsp3) is 0.200. The van der Waals surface area contributed by atoms with Crippen LogP contribution in [-0.4, -0.2) is 11.7 Å². The van der Waals surface area contributed by atoms with Crippen LogP contribution in [0.5, 0.6) is 0 Å². The monoisotopic (exact) mass is 181 g/mol. The third kappa shape index (κ3) is 2.65. The molecule has 0 fully saturated rings. The molecule has 13 heavy (non-hydrogen) atoms. The molecule has 0 atom stereocenters. The summed E-state index contributed by atoms with van der Waals surface area (Å²) in [4.78, 5) is 0. The van der Waals surface area contributed by atoms with E-state index in [4.69, 9.17) is 10.8 Å². The molecule has 1 aromatic rings. The van der Waals surface area contributed by atoms with Gasteiger partial charge in [0.25, 0.3) is 0 Å². The number of halogens is 1. The van der Waals surface area contributed by atoms with Gasteiger partial charge in [0, 0.05) is 12.1 Å². The van der Waals surface area contributed by atoms with Gasteiger partial charge in [0.05, 0.1) is 6.61 Å². The van der Waals surface area contributed by atoms with E-state index in [0.717, 1.165) is 5.56 Å². The van der Waals surface area contributed by atoms with Crippen LogP contribution in [0.15, 0.2) is 24.3 Å². The Morgan fingerprint density at radius 1 is 1.46 bits per heavy atom. The quantitative estimate of drug-likeness (QED) is 0.738. The second kappa shape index (κ2) is 4.74. The van der Waals surface area contributed by atoms with Crippen LogP contribution in [0.1, 0.15) is 11.1 Å². The van der Waals surface area contributed by atoms with Gasteiger partial charge in [0.2, 0.25) is 0 Å². The summed E-state index contributed by atoms with van der Waals surface area (Å²) < 4.78 is 12.9. The van der Waals surface area contributed by atoms with E-state index in [9.17, 15) is 4.39 Å². The van der Waals surface area contributed by atoms with Crippen molar-refractivity contribution in [3.8, 4) is 0 Å². The summed E-state index contributed by atoms with van der Waals surface area (Å²) in [7, 11) is 0. The van der Waals surface area contributed by atoms with Gasteiger partial charge in [0.15, 0.2) is 0 Å². The molecule has 0 spiro atoms. The topological polar surface area (TPSA) is 46.2 Å². The molecule has 3 N–H and O–H groups in total. The molecular weight excluding hydrogens is 169 g/mol. The van der Waals surface area contributed by atoms with Crippen LogP contribution in [0, 0.1) is 5.82 Å². The SMILES string of the molecule is NCC=Cc1ccc(F)c(CO)c1. The molecular formula is C10H12FNO. The Hall–Kier alpha value is -1.19. The predicted octanol–water partition coefficient (Wildman–Crippen LogP) is 1.29. The van der Waals surface area contributed by atoms with Crippen molar-refractivity contribution in [2.45, 2.75) is 6.61 Å². The molecule has 0 heterocycles. The molecule has 3 heteroatoms. The molecule has 70 valence electrons. The Kier molecular flexibility index (Phi) is 3.61. The third-order valence-electron chi connectivity index (χ3n) is 1.69. The molecule has 0 radical (unpaired) electrons.